The minimum absolute atomic E-state index is 0.485. The lowest BCUT2D eigenvalue weighted by atomic mass is 10.2. The predicted octanol–water partition coefficient (Wildman–Crippen LogP) is 0.948. The standard InChI is InChI=1S/C9H19NO3/c1-3-5-6-8(11)10-7(4-2)9(12)13/h7-8,10-11H,3-6H2,1-2H3,(H,12,13). The van der Waals surface area contributed by atoms with E-state index in [1.165, 1.54) is 0 Å². The van der Waals surface area contributed by atoms with Gasteiger partial charge in [0.25, 0.3) is 0 Å². The van der Waals surface area contributed by atoms with Crippen LogP contribution in [0.2, 0.25) is 0 Å². The van der Waals surface area contributed by atoms with Gasteiger partial charge in [-0.25, -0.2) is 0 Å². The van der Waals surface area contributed by atoms with Gasteiger partial charge >= 0.3 is 5.97 Å². The molecule has 13 heavy (non-hydrogen) atoms. The Balaban J connectivity index is 3.73. The van der Waals surface area contributed by atoms with Crippen LogP contribution >= 0.6 is 0 Å². The molecule has 0 fully saturated rings. The van der Waals surface area contributed by atoms with Crippen molar-refractivity contribution in [3.63, 3.8) is 0 Å². The molecular weight excluding hydrogens is 170 g/mol. The topological polar surface area (TPSA) is 69.6 Å². The Kier molecular flexibility index (Phi) is 6.54. The molecule has 0 aromatic heterocycles. The number of carboxylic acid groups (broad SMARTS) is 1. The maximum atomic E-state index is 10.6. The van der Waals surface area contributed by atoms with E-state index in [0.717, 1.165) is 12.8 Å². The molecule has 0 aliphatic carbocycles. The summed E-state index contributed by atoms with van der Waals surface area (Å²) in [5.41, 5.74) is 0. The molecule has 3 N–H and O–H groups in total. The zero-order valence-electron chi connectivity index (χ0n) is 8.29. The number of aliphatic carboxylic acids is 1. The van der Waals surface area contributed by atoms with Gasteiger partial charge in [0, 0.05) is 0 Å². The SMILES string of the molecule is CCCCC(O)NC(CC)C(=O)O. The van der Waals surface area contributed by atoms with E-state index in [9.17, 15) is 9.90 Å². The Morgan fingerprint density at radius 1 is 1.46 bits per heavy atom. The van der Waals surface area contributed by atoms with Crippen molar-refractivity contribution in [3.05, 3.63) is 0 Å². The van der Waals surface area contributed by atoms with E-state index < -0.39 is 18.2 Å². The summed E-state index contributed by atoms with van der Waals surface area (Å²) >= 11 is 0. The largest absolute Gasteiger partial charge is 0.480 e. The van der Waals surface area contributed by atoms with Crippen LogP contribution in [0.25, 0.3) is 0 Å². The number of carboxylic acids is 1. The van der Waals surface area contributed by atoms with Crippen LogP contribution in [0.1, 0.15) is 39.5 Å². The molecule has 2 unspecified atom stereocenters. The molecule has 0 rings (SSSR count). The average Bonchev–Trinajstić information content (AvgIpc) is 2.10. The van der Waals surface area contributed by atoms with Crippen molar-refractivity contribution in [2.75, 3.05) is 0 Å². The molecule has 0 saturated carbocycles. The Bertz CT molecular complexity index is 150. The molecule has 78 valence electrons. The Morgan fingerprint density at radius 2 is 2.08 bits per heavy atom. The number of unbranched alkanes of at least 4 members (excludes halogenated alkanes) is 1. The molecule has 0 bridgehead atoms. The van der Waals surface area contributed by atoms with Crippen LogP contribution in [0.5, 0.6) is 0 Å². The van der Waals surface area contributed by atoms with Gasteiger partial charge in [-0.2, -0.15) is 0 Å². The van der Waals surface area contributed by atoms with E-state index in [4.69, 9.17) is 5.11 Å². The number of aliphatic hydroxyl groups is 1. The summed E-state index contributed by atoms with van der Waals surface area (Å²) in [5.74, 6) is -0.905. The summed E-state index contributed by atoms with van der Waals surface area (Å²) in [6, 6.07) is -0.633. The molecule has 0 aliphatic rings. The first kappa shape index (κ1) is 12.4. The molecular formula is C9H19NO3. The van der Waals surface area contributed by atoms with E-state index in [0.29, 0.717) is 12.8 Å². The van der Waals surface area contributed by atoms with Gasteiger partial charge in [-0.05, 0) is 19.3 Å². The van der Waals surface area contributed by atoms with Crippen molar-refractivity contribution in [1.82, 2.24) is 5.32 Å². The monoisotopic (exact) mass is 189 g/mol. The molecule has 0 spiro atoms. The molecule has 4 nitrogen and oxygen atoms in total. The van der Waals surface area contributed by atoms with Crippen LogP contribution in [0.4, 0.5) is 0 Å². The van der Waals surface area contributed by atoms with Gasteiger partial charge in [-0.3, -0.25) is 10.1 Å². The molecule has 0 radical (unpaired) electrons. The Hall–Kier alpha value is -0.610. The molecule has 0 amide bonds. The molecule has 0 saturated heterocycles. The maximum Gasteiger partial charge on any atom is 0.320 e. The quantitative estimate of drug-likeness (QED) is 0.521. The zero-order valence-corrected chi connectivity index (χ0v) is 8.29. The van der Waals surface area contributed by atoms with Crippen molar-refractivity contribution < 1.29 is 15.0 Å². The molecule has 2 atom stereocenters. The fraction of sp³-hybridized carbons (Fsp3) is 0.889. The van der Waals surface area contributed by atoms with Crippen molar-refractivity contribution >= 4 is 5.97 Å². The second-order valence-corrected chi connectivity index (χ2v) is 3.12. The van der Waals surface area contributed by atoms with Crippen molar-refractivity contribution in [3.8, 4) is 0 Å². The molecule has 0 aromatic rings. The van der Waals surface area contributed by atoms with Gasteiger partial charge in [0.15, 0.2) is 0 Å². The van der Waals surface area contributed by atoms with E-state index >= 15 is 0 Å². The van der Waals surface area contributed by atoms with Crippen LogP contribution in [0, 0.1) is 0 Å². The molecule has 0 heterocycles. The number of hydrogen-bond acceptors (Lipinski definition) is 3. The summed E-state index contributed by atoms with van der Waals surface area (Å²) in [6.45, 7) is 3.81. The number of rotatable bonds is 7. The summed E-state index contributed by atoms with van der Waals surface area (Å²) in [6.07, 6.45) is 2.31. The lowest BCUT2D eigenvalue weighted by Gasteiger charge is -2.17. The Labute approximate surface area is 79.0 Å². The third kappa shape index (κ3) is 5.60. The van der Waals surface area contributed by atoms with Crippen LogP contribution in [-0.2, 0) is 4.79 Å². The van der Waals surface area contributed by atoms with E-state index in [1.807, 2.05) is 6.92 Å². The van der Waals surface area contributed by atoms with Crippen LogP contribution in [0.3, 0.4) is 0 Å². The van der Waals surface area contributed by atoms with E-state index in [-0.39, 0.29) is 0 Å². The Morgan fingerprint density at radius 3 is 2.46 bits per heavy atom. The smallest absolute Gasteiger partial charge is 0.320 e. The van der Waals surface area contributed by atoms with Crippen LogP contribution in [0.15, 0.2) is 0 Å². The second-order valence-electron chi connectivity index (χ2n) is 3.12. The fourth-order valence-electron chi connectivity index (χ4n) is 1.08. The number of nitrogens with one attached hydrogen (secondary N) is 1. The maximum absolute atomic E-state index is 10.6. The lowest BCUT2D eigenvalue weighted by molar-refractivity contribution is -0.140. The van der Waals surface area contributed by atoms with Crippen LogP contribution < -0.4 is 5.32 Å². The third-order valence-corrected chi connectivity index (χ3v) is 1.93. The zero-order chi connectivity index (χ0) is 10.3. The van der Waals surface area contributed by atoms with Crippen molar-refractivity contribution in [2.45, 2.75) is 51.8 Å². The van der Waals surface area contributed by atoms with Gasteiger partial charge in [0.1, 0.15) is 12.3 Å². The lowest BCUT2D eigenvalue weighted by Crippen LogP contribution is -2.42. The fourth-order valence-corrected chi connectivity index (χ4v) is 1.08. The van der Waals surface area contributed by atoms with Gasteiger partial charge in [-0.15, -0.1) is 0 Å². The minimum Gasteiger partial charge on any atom is -0.480 e. The van der Waals surface area contributed by atoms with Gasteiger partial charge in [0.2, 0.25) is 0 Å². The van der Waals surface area contributed by atoms with Gasteiger partial charge in [-0.1, -0.05) is 20.3 Å². The summed E-state index contributed by atoms with van der Waals surface area (Å²) in [7, 11) is 0. The minimum atomic E-state index is -0.905. The summed E-state index contributed by atoms with van der Waals surface area (Å²) in [4.78, 5) is 10.6. The highest BCUT2D eigenvalue weighted by atomic mass is 16.4. The van der Waals surface area contributed by atoms with E-state index in [1.54, 1.807) is 6.92 Å². The summed E-state index contributed by atoms with van der Waals surface area (Å²) in [5, 5.41) is 20.7. The molecule has 0 aromatic carbocycles. The predicted molar refractivity (Wildman–Crippen MR) is 50.4 cm³/mol. The highest BCUT2D eigenvalue weighted by Crippen LogP contribution is 2.00. The first-order valence-corrected chi connectivity index (χ1v) is 4.78. The average molecular weight is 189 g/mol. The first-order chi connectivity index (χ1) is 6.11. The number of aliphatic hydroxyl groups excluding tert-OH is 1. The third-order valence-electron chi connectivity index (χ3n) is 1.93. The highest BCUT2D eigenvalue weighted by Gasteiger charge is 2.17. The highest BCUT2D eigenvalue weighted by molar-refractivity contribution is 5.73. The van der Waals surface area contributed by atoms with E-state index in [2.05, 4.69) is 5.32 Å². The van der Waals surface area contributed by atoms with Crippen LogP contribution in [-0.4, -0.2) is 28.5 Å². The van der Waals surface area contributed by atoms with Gasteiger partial charge in [0.05, 0.1) is 0 Å². The molecule has 0 aliphatic heterocycles. The summed E-state index contributed by atoms with van der Waals surface area (Å²) < 4.78 is 0. The van der Waals surface area contributed by atoms with Crippen molar-refractivity contribution in [1.29, 1.82) is 0 Å². The second kappa shape index (κ2) is 6.86. The van der Waals surface area contributed by atoms with Crippen molar-refractivity contribution in [2.24, 2.45) is 0 Å². The first-order valence-electron chi connectivity index (χ1n) is 4.78. The van der Waals surface area contributed by atoms with Gasteiger partial charge < -0.3 is 10.2 Å². The normalized spacial score (nSPS) is 15.3. The molecule has 4 heteroatoms. The number of carbonyl (C=O) groups is 1. The number of hydrogen-bond donors (Lipinski definition) is 3.